The van der Waals surface area contributed by atoms with Crippen LogP contribution in [0.4, 0.5) is 0 Å². The van der Waals surface area contributed by atoms with Gasteiger partial charge in [-0.05, 0) is 50.8 Å². The minimum Gasteiger partial charge on any atom is -0.484 e. The van der Waals surface area contributed by atoms with Crippen molar-refractivity contribution in [1.82, 2.24) is 20.3 Å². The second kappa shape index (κ2) is 7.11. The van der Waals surface area contributed by atoms with Crippen molar-refractivity contribution in [1.29, 1.82) is 0 Å². The van der Waals surface area contributed by atoms with Crippen LogP contribution in [0, 0.1) is 13.8 Å². The van der Waals surface area contributed by atoms with Crippen LogP contribution in [0.15, 0.2) is 32.4 Å². The van der Waals surface area contributed by atoms with E-state index in [0.717, 1.165) is 35.5 Å². The third-order valence-electron chi connectivity index (χ3n) is 4.17. The second-order valence-corrected chi connectivity index (χ2v) is 7.84. The summed E-state index contributed by atoms with van der Waals surface area (Å²) in [6.45, 7) is 6.25. The predicted octanol–water partition coefficient (Wildman–Crippen LogP) is 4.38. The van der Waals surface area contributed by atoms with Gasteiger partial charge >= 0.3 is 0 Å². The molecule has 1 saturated carbocycles. The standard InChI is InChI=1S/C18H20N4O3S/c1-10-4-5-11(2)14(8-10)23-9-15-20-21-18(24-15)26-12(3)17-19-16(22-25-17)13-6-7-13/h4-5,8,12-13H,6-7,9H2,1-3H3. The minimum absolute atomic E-state index is 0.0526. The Morgan fingerprint density at radius 2 is 2.12 bits per heavy atom. The van der Waals surface area contributed by atoms with Crippen molar-refractivity contribution in [2.45, 2.75) is 56.6 Å². The maximum atomic E-state index is 5.80. The van der Waals surface area contributed by atoms with Crippen molar-refractivity contribution < 1.29 is 13.7 Å². The summed E-state index contributed by atoms with van der Waals surface area (Å²) in [6, 6.07) is 6.08. The molecule has 1 fully saturated rings. The van der Waals surface area contributed by atoms with Gasteiger partial charge in [-0.25, -0.2) is 0 Å². The average Bonchev–Trinajstić information content (AvgIpc) is 3.17. The zero-order valence-electron chi connectivity index (χ0n) is 14.9. The van der Waals surface area contributed by atoms with Gasteiger partial charge in [-0.3, -0.25) is 0 Å². The molecular weight excluding hydrogens is 352 g/mol. The van der Waals surface area contributed by atoms with Crippen molar-refractivity contribution in [2.75, 3.05) is 0 Å². The number of aryl methyl sites for hydroxylation is 2. The maximum Gasteiger partial charge on any atom is 0.277 e. The summed E-state index contributed by atoms with van der Waals surface area (Å²) in [7, 11) is 0. The summed E-state index contributed by atoms with van der Waals surface area (Å²) in [6.07, 6.45) is 2.29. The van der Waals surface area contributed by atoms with Crippen LogP contribution >= 0.6 is 11.8 Å². The average molecular weight is 372 g/mol. The number of thioether (sulfide) groups is 1. The number of nitrogens with zero attached hydrogens (tertiary/aromatic N) is 4. The normalized spacial score (nSPS) is 15.2. The zero-order chi connectivity index (χ0) is 18.1. The number of rotatable bonds is 7. The summed E-state index contributed by atoms with van der Waals surface area (Å²) >= 11 is 1.40. The molecule has 0 aliphatic heterocycles. The van der Waals surface area contributed by atoms with Crippen molar-refractivity contribution in [2.24, 2.45) is 0 Å². The number of hydrogen-bond donors (Lipinski definition) is 0. The van der Waals surface area contributed by atoms with E-state index in [1.807, 2.05) is 32.9 Å². The summed E-state index contributed by atoms with van der Waals surface area (Å²) < 4.78 is 16.8. The third-order valence-corrected chi connectivity index (χ3v) is 5.09. The molecule has 26 heavy (non-hydrogen) atoms. The molecule has 0 radical (unpaired) electrons. The van der Waals surface area contributed by atoms with Gasteiger partial charge in [-0.15, -0.1) is 10.2 Å². The predicted molar refractivity (Wildman–Crippen MR) is 95.1 cm³/mol. The molecule has 0 bridgehead atoms. The summed E-state index contributed by atoms with van der Waals surface area (Å²) in [5, 5.41) is 12.6. The Hall–Kier alpha value is -2.35. The van der Waals surface area contributed by atoms with E-state index in [1.165, 1.54) is 11.8 Å². The highest BCUT2D eigenvalue weighted by Crippen LogP contribution is 2.40. The van der Waals surface area contributed by atoms with E-state index in [0.29, 0.717) is 22.9 Å². The van der Waals surface area contributed by atoms with Gasteiger partial charge in [0, 0.05) is 5.92 Å². The molecule has 8 heteroatoms. The Labute approximate surface area is 155 Å². The Bertz CT molecular complexity index is 903. The highest BCUT2D eigenvalue weighted by Gasteiger charge is 2.30. The Balaban J connectivity index is 1.35. The zero-order valence-corrected chi connectivity index (χ0v) is 15.7. The van der Waals surface area contributed by atoms with Crippen LogP contribution in [0.25, 0.3) is 0 Å². The van der Waals surface area contributed by atoms with E-state index in [-0.39, 0.29) is 11.9 Å². The van der Waals surface area contributed by atoms with Gasteiger partial charge in [0.05, 0.1) is 5.25 Å². The van der Waals surface area contributed by atoms with E-state index in [2.05, 4.69) is 26.4 Å². The lowest BCUT2D eigenvalue weighted by molar-refractivity contribution is 0.250. The number of aromatic nitrogens is 4. The second-order valence-electron chi connectivity index (χ2n) is 6.54. The van der Waals surface area contributed by atoms with E-state index >= 15 is 0 Å². The number of benzene rings is 1. The lowest BCUT2D eigenvalue weighted by Crippen LogP contribution is -1.97. The molecule has 1 aliphatic rings. The Morgan fingerprint density at radius 1 is 1.27 bits per heavy atom. The van der Waals surface area contributed by atoms with Gasteiger partial charge in [0.15, 0.2) is 12.4 Å². The summed E-state index contributed by atoms with van der Waals surface area (Å²) in [5.74, 6) is 3.12. The topological polar surface area (TPSA) is 87.1 Å². The summed E-state index contributed by atoms with van der Waals surface area (Å²) in [4.78, 5) is 4.46. The molecule has 4 rings (SSSR count). The fraction of sp³-hybridized carbons (Fsp3) is 0.444. The molecule has 7 nitrogen and oxygen atoms in total. The number of hydrogen-bond acceptors (Lipinski definition) is 8. The first-order valence-corrected chi connectivity index (χ1v) is 9.49. The van der Waals surface area contributed by atoms with Crippen LogP contribution in [0.3, 0.4) is 0 Å². The smallest absolute Gasteiger partial charge is 0.277 e. The highest BCUT2D eigenvalue weighted by molar-refractivity contribution is 7.99. The number of ether oxygens (including phenoxy) is 1. The minimum atomic E-state index is -0.0526. The molecule has 0 N–H and O–H groups in total. The monoisotopic (exact) mass is 372 g/mol. The SMILES string of the molecule is Cc1ccc(C)c(OCc2nnc(SC(C)c3nc(C4CC4)no3)o2)c1. The molecule has 1 unspecified atom stereocenters. The molecule has 1 atom stereocenters. The molecular formula is C18H20N4O3S. The van der Waals surface area contributed by atoms with E-state index < -0.39 is 0 Å². The van der Waals surface area contributed by atoms with Gasteiger partial charge < -0.3 is 13.7 Å². The van der Waals surface area contributed by atoms with Crippen LogP contribution in [0.2, 0.25) is 0 Å². The van der Waals surface area contributed by atoms with Gasteiger partial charge in [-0.1, -0.05) is 29.1 Å². The van der Waals surface area contributed by atoms with Crippen LogP contribution in [-0.4, -0.2) is 20.3 Å². The van der Waals surface area contributed by atoms with Crippen LogP contribution < -0.4 is 4.74 Å². The first-order chi connectivity index (χ1) is 12.6. The molecule has 1 aromatic carbocycles. The molecule has 2 heterocycles. The summed E-state index contributed by atoms with van der Waals surface area (Å²) in [5.41, 5.74) is 2.22. The van der Waals surface area contributed by atoms with Crippen molar-refractivity contribution >= 4 is 11.8 Å². The van der Waals surface area contributed by atoms with Crippen molar-refractivity contribution in [3.05, 3.63) is 46.9 Å². The molecule has 0 saturated heterocycles. The van der Waals surface area contributed by atoms with Gasteiger partial charge in [0.1, 0.15) is 5.75 Å². The first-order valence-electron chi connectivity index (χ1n) is 8.61. The molecule has 0 amide bonds. The van der Waals surface area contributed by atoms with Crippen LogP contribution in [-0.2, 0) is 6.61 Å². The van der Waals surface area contributed by atoms with Gasteiger partial charge in [0.25, 0.3) is 11.1 Å². The van der Waals surface area contributed by atoms with Crippen molar-refractivity contribution in [3.63, 3.8) is 0 Å². The first kappa shape index (κ1) is 17.1. The van der Waals surface area contributed by atoms with E-state index in [9.17, 15) is 0 Å². The van der Waals surface area contributed by atoms with Gasteiger partial charge in [0.2, 0.25) is 5.89 Å². The Kier molecular flexibility index (Phi) is 4.67. The van der Waals surface area contributed by atoms with Gasteiger partial charge in [-0.2, -0.15) is 4.98 Å². The van der Waals surface area contributed by atoms with Crippen molar-refractivity contribution in [3.8, 4) is 5.75 Å². The fourth-order valence-electron chi connectivity index (χ4n) is 2.47. The highest BCUT2D eigenvalue weighted by atomic mass is 32.2. The largest absolute Gasteiger partial charge is 0.484 e. The van der Waals surface area contributed by atoms with E-state index in [4.69, 9.17) is 13.7 Å². The molecule has 136 valence electrons. The maximum absolute atomic E-state index is 5.80. The van der Waals surface area contributed by atoms with Crippen LogP contribution in [0.1, 0.15) is 59.7 Å². The Morgan fingerprint density at radius 3 is 2.92 bits per heavy atom. The fourth-order valence-corrected chi connectivity index (χ4v) is 3.20. The molecule has 3 aromatic rings. The van der Waals surface area contributed by atoms with Crippen LogP contribution in [0.5, 0.6) is 5.75 Å². The molecule has 1 aliphatic carbocycles. The molecule has 0 spiro atoms. The third kappa shape index (κ3) is 3.90. The quantitative estimate of drug-likeness (QED) is 0.565. The van der Waals surface area contributed by atoms with E-state index in [1.54, 1.807) is 0 Å². The molecule has 2 aromatic heterocycles. The lowest BCUT2D eigenvalue weighted by atomic mass is 10.1. The lowest BCUT2D eigenvalue weighted by Gasteiger charge is -2.07.